The Bertz CT molecular complexity index is 548. The van der Waals surface area contributed by atoms with Crippen LogP contribution in [0, 0.1) is 5.82 Å². The van der Waals surface area contributed by atoms with E-state index in [0.29, 0.717) is 17.0 Å². The van der Waals surface area contributed by atoms with E-state index in [9.17, 15) is 4.39 Å². The average Bonchev–Trinajstić information content (AvgIpc) is 2.39. The van der Waals surface area contributed by atoms with E-state index in [4.69, 9.17) is 16.3 Å². The Labute approximate surface area is 110 Å². The van der Waals surface area contributed by atoms with Crippen molar-refractivity contribution >= 4 is 17.3 Å². The van der Waals surface area contributed by atoms with Gasteiger partial charge in [0.05, 0.1) is 0 Å². The van der Waals surface area contributed by atoms with Gasteiger partial charge in [0.2, 0.25) is 0 Å². The van der Waals surface area contributed by atoms with Gasteiger partial charge in [-0.2, -0.15) is 0 Å². The third kappa shape index (κ3) is 2.71. The molecule has 0 fully saturated rings. The van der Waals surface area contributed by atoms with Crippen LogP contribution in [0.5, 0.6) is 5.75 Å². The van der Waals surface area contributed by atoms with Crippen molar-refractivity contribution in [2.75, 3.05) is 12.4 Å². The first-order valence-electron chi connectivity index (χ1n) is 5.41. The van der Waals surface area contributed by atoms with Crippen LogP contribution in [0.25, 0.3) is 0 Å². The Morgan fingerprint density at radius 1 is 1.33 bits per heavy atom. The van der Waals surface area contributed by atoms with Crippen molar-refractivity contribution in [3.8, 4) is 5.75 Å². The molecule has 3 nitrogen and oxygen atoms in total. The zero-order valence-corrected chi connectivity index (χ0v) is 10.5. The van der Waals surface area contributed by atoms with E-state index in [1.165, 1.54) is 6.07 Å². The Hall–Kier alpha value is -1.81. The molecule has 0 bridgehead atoms. The lowest BCUT2D eigenvalue weighted by atomic mass is 10.2. The molecular formula is C13H12ClFN2O. The first kappa shape index (κ1) is 12.6. The van der Waals surface area contributed by atoms with Gasteiger partial charge in [0.15, 0.2) is 10.9 Å². The highest BCUT2D eigenvalue weighted by Crippen LogP contribution is 2.24. The Kier molecular flexibility index (Phi) is 3.99. The molecule has 0 radical (unpaired) electrons. The second-order valence-electron chi connectivity index (χ2n) is 3.60. The minimum atomic E-state index is -0.318. The van der Waals surface area contributed by atoms with Crippen molar-refractivity contribution in [1.82, 2.24) is 4.98 Å². The first-order valence-corrected chi connectivity index (χ1v) is 5.78. The standard InChI is InChI=1S/C13H12ClFN2O/c1-16-11-5-2-4-10(15)9(11)8-18-12-6-3-7-17-13(12)14/h2-7,16H,8H2,1H3. The monoisotopic (exact) mass is 266 g/mol. The van der Waals surface area contributed by atoms with Crippen LogP contribution >= 0.6 is 11.6 Å². The third-order valence-corrected chi connectivity index (χ3v) is 2.77. The molecule has 0 saturated heterocycles. The number of hydrogen-bond acceptors (Lipinski definition) is 3. The highest BCUT2D eigenvalue weighted by molar-refractivity contribution is 6.30. The molecule has 0 amide bonds. The number of pyridine rings is 1. The zero-order valence-electron chi connectivity index (χ0n) is 9.78. The molecule has 0 aliphatic carbocycles. The van der Waals surface area contributed by atoms with Crippen LogP contribution in [0.1, 0.15) is 5.56 Å². The fraction of sp³-hybridized carbons (Fsp3) is 0.154. The Balaban J connectivity index is 2.18. The molecule has 5 heteroatoms. The van der Waals surface area contributed by atoms with Crippen molar-refractivity contribution in [1.29, 1.82) is 0 Å². The number of ether oxygens (including phenoxy) is 1. The Morgan fingerprint density at radius 2 is 2.17 bits per heavy atom. The zero-order chi connectivity index (χ0) is 13.0. The summed E-state index contributed by atoms with van der Waals surface area (Å²) < 4.78 is 19.1. The highest BCUT2D eigenvalue weighted by Gasteiger charge is 2.09. The van der Waals surface area contributed by atoms with Gasteiger partial charge in [-0.15, -0.1) is 0 Å². The SMILES string of the molecule is CNc1cccc(F)c1COc1cccnc1Cl. The molecule has 0 saturated carbocycles. The summed E-state index contributed by atoms with van der Waals surface area (Å²) in [5.41, 5.74) is 1.15. The van der Waals surface area contributed by atoms with E-state index in [1.54, 1.807) is 37.5 Å². The summed E-state index contributed by atoms with van der Waals surface area (Å²) >= 11 is 5.86. The number of benzene rings is 1. The molecular weight excluding hydrogens is 255 g/mol. The fourth-order valence-corrected chi connectivity index (χ4v) is 1.74. The van der Waals surface area contributed by atoms with Crippen LogP contribution in [0.4, 0.5) is 10.1 Å². The molecule has 2 rings (SSSR count). The van der Waals surface area contributed by atoms with E-state index in [2.05, 4.69) is 10.3 Å². The maximum atomic E-state index is 13.7. The van der Waals surface area contributed by atoms with Gasteiger partial charge < -0.3 is 10.1 Å². The van der Waals surface area contributed by atoms with Crippen LogP contribution < -0.4 is 10.1 Å². The second kappa shape index (κ2) is 5.69. The Morgan fingerprint density at radius 3 is 2.89 bits per heavy atom. The van der Waals surface area contributed by atoms with Crippen LogP contribution in [0.2, 0.25) is 5.15 Å². The van der Waals surface area contributed by atoms with Crippen molar-refractivity contribution in [3.63, 3.8) is 0 Å². The first-order chi connectivity index (χ1) is 8.72. The predicted molar refractivity (Wildman–Crippen MR) is 69.5 cm³/mol. The molecule has 2 aromatic rings. The highest BCUT2D eigenvalue weighted by atomic mass is 35.5. The summed E-state index contributed by atoms with van der Waals surface area (Å²) in [6, 6.07) is 8.22. The molecule has 0 spiro atoms. The van der Waals surface area contributed by atoms with Crippen molar-refractivity contribution in [2.45, 2.75) is 6.61 Å². The van der Waals surface area contributed by atoms with E-state index in [0.717, 1.165) is 0 Å². The van der Waals surface area contributed by atoms with Gasteiger partial charge in [0.1, 0.15) is 12.4 Å². The lowest BCUT2D eigenvalue weighted by Gasteiger charge is -2.12. The number of nitrogens with zero attached hydrogens (tertiary/aromatic N) is 1. The maximum absolute atomic E-state index is 13.7. The van der Waals surface area contributed by atoms with Crippen molar-refractivity contribution in [2.24, 2.45) is 0 Å². The number of hydrogen-bond donors (Lipinski definition) is 1. The molecule has 1 N–H and O–H groups in total. The second-order valence-corrected chi connectivity index (χ2v) is 3.95. The minimum Gasteiger partial charge on any atom is -0.485 e. The molecule has 1 aromatic carbocycles. The number of aromatic nitrogens is 1. The van der Waals surface area contributed by atoms with Crippen molar-refractivity contribution in [3.05, 3.63) is 53.1 Å². The molecule has 94 valence electrons. The van der Waals surface area contributed by atoms with Crippen LogP contribution in [-0.4, -0.2) is 12.0 Å². The van der Waals surface area contributed by atoms with Gasteiger partial charge in [0, 0.05) is 24.5 Å². The van der Waals surface area contributed by atoms with Gasteiger partial charge in [-0.3, -0.25) is 0 Å². The van der Waals surface area contributed by atoms with E-state index in [1.807, 2.05) is 0 Å². The number of nitrogens with one attached hydrogen (secondary N) is 1. The van der Waals surface area contributed by atoms with Crippen molar-refractivity contribution < 1.29 is 9.13 Å². The summed E-state index contributed by atoms with van der Waals surface area (Å²) in [5.74, 6) is 0.117. The molecule has 0 aliphatic heterocycles. The number of rotatable bonds is 4. The van der Waals surface area contributed by atoms with Gasteiger partial charge in [0.25, 0.3) is 0 Å². The summed E-state index contributed by atoms with van der Waals surface area (Å²) in [6.45, 7) is 0.0915. The number of anilines is 1. The lowest BCUT2D eigenvalue weighted by molar-refractivity contribution is 0.299. The summed E-state index contributed by atoms with van der Waals surface area (Å²) in [5, 5.41) is 3.18. The lowest BCUT2D eigenvalue weighted by Crippen LogP contribution is -2.04. The predicted octanol–water partition coefficient (Wildman–Crippen LogP) is 3.49. The van der Waals surface area contributed by atoms with E-state index in [-0.39, 0.29) is 17.6 Å². The third-order valence-electron chi connectivity index (χ3n) is 2.49. The van der Waals surface area contributed by atoms with Gasteiger partial charge in [-0.05, 0) is 24.3 Å². The van der Waals surface area contributed by atoms with E-state index < -0.39 is 0 Å². The topological polar surface area (TPSA) is 34.1 Å². The quantitative estimate of drug-likeness (QED) is 0.860. The largest absolute Gasteiger partial charge is 0.485 e. The normalized spacial score (nSPS) is 10.2. The maximum Gasteiger partial charge on any atom is 0.171 e. The van der Waals surface area contributed by atoms with E-state index >= 15 is 0 Å². The molecule has 1 aromatic heterocycles. The average molecular weight is 267 g/mol. The van der Waals surface area contributed by atoms with Crippen LogP contribution in [0.3, 0.4) is 0 Å². The summed E-state index contributed by atoms with van der Waals surface area (Å²) in [6.07, 6.45) is 1.57. The molecule has 0 aliphatic rings. The van der Waals surface area contributed by atoms with Gasteiger partial charge >= 0.3 is 0 Å². The molecule has 1 heterocycles. The minimum absolute atomic E-state index is 0.0915. The molecule has 0 unspecified atom stereocenters. The van der Waals surface area contributed by atoms with Crippen LogP contribution in [-0.2, 0) is 6.61 Å². The molecule has 18 heavy (non-hydrogen) atoms. The molecule has 0 atom stereocenters. The van der Waals surface area contributed by atoms with Gasteiger partial charge in [-0.25, -0.2) is 9.37 Å². The number of halogens is 2. The summed E-state index contributed by atoms with van der Waals surface area (Å²) in [7, 11) is 1.73. The fourth-order valence-electron chi connectivity index (χ4n) is 1.57. The van der Waals surface area contributed by atoms with Crippen LogP contribution in [0.15, 0.2) is 36.5 Å². The van der Waals surface area contributed by atoms with Gasteiger partial charge in [-0.1, -0.05) is 17.7 Å². The smallest absolute Gasteiger partial charge is 0.171 e. The summed E-state index contributed by atoms with van der Waals surface area (Å²) in [4.78, 5) is 3.89.